The highest BCUT2D eigenvalue weighted by Gasteiger charge is 2.10. The van der Waals surface area contributed by atoms with E-state index in [4.69, 9.17) is 17.3 Å². The summed E-state index contributed by atoms with van der Waals surface area (Å²) in [4.78, 5) is 12.6. The molecule has 0 aliphatic heterocycles. The molecule has 122 valence electrons. The van der Waals surface area contributed by atoms with E-state index in [2.05, 4.69) is 25.6 Å². The van der Waals surface area contributed by atoms with Crippen LogP contribution in [-0.2, 0) is 0 Å². The van der Waals surface area contributed by atoms with Gasteiger partial charge in [-0.1, -0.05) is 35.9 Å². The average Bonchev–Trinajstić information content (AvgIpc) is 2.51. The van der Waals surface area contributed by atoms with Gasteiger partial charge in [-0.25, -0.2) is 0 Å². The molecule has 24 heavy (non-hydrogen) atoms. The zero-order chi connectivity index (χ0) is 17.1. The van der Waals surface area contributed by atoms with Crippen molar-refractivity contribution in [2.75, 3.05) is 16.4 Å². The van der Waals surface area contributed by atoms with E-state index in [0.29, 0.717) is 16.9 Å². The van der Waals surface area contributed by atoms with E-state index in [1.807, 2.05) is 56.3 Å². The van der Waals surface area contributed by atoms with Crippen LogP contribution in [0.1, 0.15) is 11.1 Å². The number of nitrogens with one attached hydrogen (secondary N) is 2. The van der Waals surface area contributed by atoms with Gasteiger partial charge in [0.05, 0.1) is 10.7 Å². The molecule has 0 aliphatic rings. The molecule has 4 N–H and O–H groups in total. The number of para-hydroxylation sites is 1. The monoisotopic (exact) mass is 340 g/mol. The SMILES string of the molecule is Cc1cc(C)c(Nc2nc(N)nc(Nc3ccccc3)n2)c(Cl)c1. The zero-order valence-corrected chi connectivity index (χ0v) is 14.1. The Labute approximate surface area is 145 Å². The van der Waals surface area contributed by atoms with Crippen molar-refractivity contribution < 1.29 is 0 Å². The molecule has 0 bridgehead atoms. The molecule has 2 aromatic carbocycles. The number of nitrogens with two attached hydrogens (primary N) is 1. The number of rotatable bonds is 4. The van der Waals surface area contributed by atoms with E-state index in [1.54, 1.807) is 0 Å². The fourth-order valence-electron chi connectivity index (χ4n) is 2.34. The number of benzene rings is 2. The van der Waals surface area contributed by atoms with Crippen LogP contribution < -0.4 is 16.4 Å². The minimum Gasteiger partial charge on any atom is -0.368 e. The molecule has 0 aliphatic carbocycles. The molecule has 3 rings (SSSR count). The van der Waals surface area contributed by atoms with Crippen molar-refractivity contribution >= 4 is 40.8 Å². The lowest BCUT2D eigenvalue weighted by Gasteiger charge is -2.12. The molecule has 0 unspecified atom stereocenters. The van der Waals surface area contributed by atoms with Crippen molar-refractivity contribution in [1.29, 1.82) is 0 Å². The molecule has 0 saturated carbocycles. The highest BCUT2D eigenvalue weighted by molar-refractivity contribution is 6.33. The Morgan fingerprint density at radius 2 is 1.58 bits per heavy atom. The first-order valence-corrected chi connectivity index (χ1v) is 7.76. The third kappa shape index (κ3) is 3.72. The predicted molar refractivity (Wildman–Crippen MR) is 98.2 cm³/mol. The average molecular weight is 341 g/mol. The molecule has 1 aromatic heterocycles. The van der Waals surface area contributed by atoms with Gasteiger partial charge in [0.15, 0.2) is 0 Å². The van der Waals surface area contributed by atoms with Crippen molar-refractivity contribution in [2.24, 2.45) is 0 Å². The standard InChI is InChI=1S/C17H17ClN6/c1-10-8-11(2)14(13(18)9-10)21-17-23-15(19)22-16(24-17)20-12-6-4-3-5-7-12/h3-9H,1-2H3,(H4,19,20,21,22,23,24). The molecule has 7 heteroatoms. The van der Waals surface area contributed by atoms with Crippen molar-refractivity contribution in [3.05, 3.63) is 58.6 Å². The highest BCUT2D eigenvalue weighted by atomic mass is 35.5. The van der Waals surface area contributed by atoms with Gasteiger partial charge in [0.25, 0.3) is 0 Å². The quantitative estimate of drug-likeness (QED) is 0.659. The van der Waals surface area contributed by atoms with Gasteiger partial charge in [0.1, 0.15) is 0 Å². The summed E-state index contributed by atoms with van der Waals surface area (Å²) in [6.45, 7) is 3.96. The number of hydrogen-bond acceptors (Lipinski definition) is 6. The topological polar surface area (TPSA) is 88.8 Å². The first kappa shape index (κ1) is 16.0. The first-order valence-electron chi connectivity index (χ1n) is 7.38. The Bertz CT molecular complexity index is 843. The van der Waals surface area contributed by atoms with Crippen LogP contribution in [0.3, 0.4) is 0 Å². The summed E-state index contributed by atoms with van der Waals surface area (Å²) in [6, 6.07) is 13.5. The van der Waals surface area contributed by atoms with Crippen LogP contribution in [0, 0.1) is 13.8 Å². The van der Waals surface area contributed by atoms with E-state index in [1.165, 1.54) is 0 Å². The minimum atomic E-state index is 0.117. The lowest BCUT2D eigenvalue weighted by Crippen LogP contribution is -2.07. The van der Waals surface area contributed by atoms with Crippen LogP contribution in [0.25, 0.3) is 0 Å². The van der Waals surface area contributed by atoms with Crippen LogP contribution in [0.2, 0.25) is 5.02 Å². The normalized spacial score (nSPS) is 10.5. The predicted octanol–water partition coefficient (Wildman–Crippen LogP) is 4.21. The Kier molecular flexibility index (Phi) is 4.48. The number of halogens is 1. The Morgan fingerprint density at radius 1 is 0.917 bits per heavy atom. The second-order valence-electron chi connectivity index (χ2n) is 5.40. The lowest BCUT2D eigenvalue weighted by atomic mass is 10.1. The summed E-state index contributed by atoms with van der Waals surface area (Å²) in [7, 11) is 0. The first-order chi connectivity index (χ1) is 11.5. The van der Waals surface area contributed by atoms with Gasteiger partial charge in [0.2, 0.25) is 17.8 Å². The van der Waals surface area contributed by atoms with Gasteiger partial charge in [-0.2, -0.15) is 15.0 Å². The van der Waals surface area contributed by atoms with Crippen molar-refractivity contribution in [2.45, 2.75) is 13.8 Å². The summed E-state index contributed by atoms with van der Waals surface area (Å²) in [6.07, 6.45) is 0. The van der Waals surface area contributed by atoms with E-state index in [-0.39, 0.29) is 5.95 Å². The summed E-state index contributed by atoms with van der Waals surface area (Å²) in [5.41, 5.74) is 9.48. The van der Waals surface area contributed by atoms with Gasteiger partial charge >= 0.3 is 0 Å². The molecule has 1 heterocycles. The smallest absolute Gasteiger partial charge is 0.233 e. The maximum Gasteiger partial charge on any atom is 0.233 e. The largest absolute Gasteiger partial charge is 0.368 e. The maximum absolute atomic E-state index is 6.31. The molecule has 0 fully saturated rings. The van der Waals surface area contributed by atoms with E-state index < -0.39 is 0 Å². The number of aromatic nitrogens is 3. The van der Waals surface area contributed by atoms with Gasteiger partial charge in [-0.3, -0.25) is 0 Å². The molecule has 0 atom stereocenters. The number of anilines is 5. The van der Waals surface area contributed by atoms with E-state index >= 15 is 0 Å². The van der Waals surface area contributed by atoms with Crippen molar-refractivity contribution in [3.8, 4) is 0 Å². The number of nitrogen functional groups attached to an aromatic ring is 1. The Balaban J connectivity index is 1.89. The molecular formula is C17H17ClN6. The van der Waals surface area contributed by atoms with Crippen molar-refractivity contribution in [3.63, 3.8) is 0 Å². The summed E-state index contributed by atoms with van der Waals surface area (Å²) in [5.74, 6) is 0.804. The van der Waals surface area contributed by atoms with Crippen LogP contribution >= 0.6 is 11.6 Å². The summed E-state index contributed by atoms with van der Waals surface area (Å²) < 4.78 is 0. The molecular weight excluding hydrogens is 324 g/mol. The van der Waals surface area contributed by atoms with Crippen LogP contribution in [0.4, 0.5) is 29.2 Å². The van der Waals surface area contributed by atoms with Gasteiger partial charge < -0.3 is 16.4 Å². The molecule has 0 amide bonds. The van der Waals surface area contributed by atoms with Crippen LogP contribution in [-0.4, -0.2) is 15.0 Å². The van der Waals surface area contributed by atoms with Crippen LogP contribution in [0.5, 0.6) is 0 Å². The van der Waals surface area contributed by atoms with Gasteiger partial charge in [-0.15, -0.1) is 0 Å². The second kappa shape index (κ2) is 6.72. The number of nitrogens with zero attached hydrogens (tertiary/aromatic N) is 3. The molecule has 0 radical (unpaired) electrons. The zero-order valence-electron chi connectivity index (χ0n) is 13.3. The summed E-state index contributed by atoms with van der Waals surface area (Å²) in [5, 5.41) is 6.82. The number of hydrogen-bond donors (Lipinski definition) is 3. The van der Waals surface area contributed by atoms with Crippen molar-refractivity contribution in [1.82, 2.24) is 15.0 Å². The molecule has 0 spiro atoms. The summed E-state index contributed by atoms with van der Waals surface area (Å²) >= 11 is 6.31. The van der Waals surface area contributed by atoms with Gasteiger partial charge in [0, 0.05) is 5.69 Å². The lowest BCUT2D eigenvalue weighted by molar-refractivity contribution is 1.07. The molecule has 3 aromatic rings. The Hall–Kier alpha value is -2.86. The van der Waals surface area contributed by atoms with E-state index in [0.717, 1.165) is 22.5 Å². The third-order valence-electron chi connectivity index (χ3n) is 3.35. The Morgan fingerprint density at radius 3 is 2.25 bits per heavy atom. The van der Waals surface area contributed by atoms with E-state index in [9.17, 15) is 0 Å². The number of aryl methyl sites for hydroxylation is 2. The second-order valence-corrected chi connectivity index (χ2v) is 5.80. The fourth-order valence-corrected chi connectivity index (χ4v) is 2.71. The maximum atomic E-state index is 6.31. The fraction of sp³-hybridized carbons (Fsp3) is 0.118. The third-order valence-corrected chi connectivity index (χ3v) is 3.65. The highest BCUT2D eigenvalue weighted by Crippen LogP contribution is 2.29. The minimum absolute atomic E-state index is 0.117. The molecule has 6 nitrogen and oxygen atoms in total. The van der Waals surface area contributed by atoms with Gasteiger partial charge in [-0.05, 0) is 43.2 Å². The van der Waals surface area contributed by atoms with Crippen LogP contribution in [0.15, 0.2) is 42.5 Å². The molecule has 0 saturated heterocycles.